The summed E-state index contributed by atoms with van der Waals surface area (Å²) in [4.78, 5) is 4.46. The van der Waals surface area contributed by atoms with Crippen molar-refractivity contribution in [1.29, 1.82) is 0 Å². The van der Waals surface area contributed by atoms with E-state index in [2.05, 4.69) is 4.98 Å². The molecule has 0 spiro atoms. The first-order valence-corrected chi connectivity index (χ1v) is 5.85. The minimum absolute atomic E-state index is 0.611. The maximum absolute atomic E-state index is 9.93. The molecule has 0 atom stereocenters. The molecule has 2 heterocycles. The van der Waals surface area contributed by atoms with E-state index < -0.39 is 5.60 Å². The summed E-state index contributed by atoms with van der Waals surface area (Å²) in [6.45, 7) is 4.37. The van der Waals surface area contributed by atoms with Gasteiger partial charge in [-0.2, -0.15) is 0 Å². The van der Waals surface area contributed by atoms with Crippen LogP contribution in [0.4, 0.5) is 0 Å². The molecule has 0 saturated heterocycles. The molecule has 1 aliphatic heterocycles. The maximum atomic E-state index is 9.93. The molecule has 84 valence electrons. The van der Waals surface area contributed by atoms with Gasteiger partial charge in [-0.15, -0.1) is 0 Å². The largest absolute Gasteiger partial charge is 0.384 e. The van der Waals surface area contributed by atoms with E-state index in [4.69, 9.17) is 11.6 Å². The van der Waals surface area contributed by atoms with Crippen LogP contribution in [0.3, 0.4) is 0 Å². The van der Waals surface area contributed by atoms with Gasteiger partial charge in [0, 0.05) is 13.0 Å². The highest BCUT2D eigenvalue weighted by Crippen LogP contribution is 2.30. The van der Waals surface area contributed by atoms with Crippen LogP contribution in [0.5, 0.6) is 0 Å². The quantitative estimate of drug-likeness (QED) is 0.802. The monoisotopic (exact) mass is 228 g/mol. The Balaban J connectivity index is 2.45. The van der Waals surface area contributed by atoms with E-state index >= 15 is 0 Å². The highest BCUT2D eigenvalue weighted by atomic mass is 35.5. The lowest BCUT2D eigenvalue weighted by molar-refractivity contribution is 0.0742. The molecule has 0 amide bonds. The van der Waals surface area contributed by atoms with Crippen molar-refractivity contribution in [2.24, 2.45) is 0 Å². The Bertz CT molecular complexity index is 365. The number of aliphatic hydroxyl groups is 1. The molecular formula is C11H17ClN2O. The predicted octanol–water partition coefficient (Wildman–Crippen LogP) is 2.49. The number of aryl methyl sites for hydroxylation is 1. The number of halogens is 1. The molecule has 0 radical (unpaired) electrons. The zero-order valence-electron chi connectivity index (χ0n) is 9.26. The normalized spacial score (nSPS) is 17.3. The number of nitrogens with zero attached hydrogens (tertiary/aromatic N) is 2. The number of fused-ring (bicyclic) bond motifs is 1. The molecular weight excluding hydrogens is 212 g/mol. The van der Waals surface area contributed by atoms with Crippen LogP contribution in [0, 0.1) is 0 Å². The van der Waals surface area contributed by atoms with Gasteiger partial charge in [-0.3, -0.25) is 0 Å². The third-order valence-corrected chi connectivity index (χ3v) is 3.23. The van der Waals surface area contributed by atoms with Gasteiger partial charge in [-0.25, -0.2) is 4.98 Å². The van der Waals surface area contributed by atoms with Gasteiger partial charge in [0.1, 0.15) is 22.3 Å². The summed E-state index contributed by atoms with van der Waals surface area (Å²) in [7, 11) is 0. The number of imidazole rings is 1. The SMILES string of the molecule is CC(C)(O)c1nc2n(c1Cl)CCCCC2. The van der Waals surface area contributed by atoms with Crippen LogP contribution in [0.1, 0.15) is 44.6 Å². The van der Waals surface area contributed by atoms with Gasteiger partial charge < -0.3 is 9.67 Å². The summed E-state index contributed by atoms with van der Waals surface area (Å²) in [6, 6.07) is 0. The van der Waals surface area contributed by atoms with E-state index in [9.17, 15) is 5.11 Å². The zero-order chi connectivity index (χ0) is 11.1. The highest BCUT2D eigenvalue weighted by Gasteiger charge is 2.27. The van der Waals surface area contributed by atoms with Crippen LogP contribution in [0.25, 0.3) is 0 Å². The van der Waals surface area contributed by atoms with E-state index in [1.807, 2.05) is 4.57 Å². The fourth-order valence-electron chi connectivity index (χ4n) is 2.01. The maximum Gasteiger partial charge on any atom is 0.135 e. The second-order valence-electron chi connectivity index (χ2n) is 4.69. The van der Waals surface area contributed by atoms with Crippen LogP contribution in [-0.4, -0.2) is 14.7 Å². The van der Waals surface area contributed by atoms with Crippen molar-refractivity contribution in [3.05, 3.63) is 16.7 Å². The van der Waals surface area contributed by atoms with Crippen molar-refractivity contribution >= 4 is 11.6 Å². The fraction of sp³-hybridized carbons (Fsp3) is 0.727. The summed E-state index contributed by atoms with van der Waals surface area (Å²) < 4.78 is 2.04. The molecule has 0 unspecified atom stereocenters. The summed E-state index contributed by atoms with van der Waals surface area (Å²) in [5.41, 5.74) is -0.336. The molecule has 0 bridgehead atoms. The Hall–Kier alpha value is -0.540. The van der Waals surface area contributed by atoms with Crippen LogP contribution in [0.2, 0.25) is 5.15 Å². The molecule has 1 aromatic rings. The minimum Gasteiger partial charge on any atom is -0.384 e. The van der Waals surface area contributed by atoms with Crippen LogP contribution in [0.15, 0.2) is 0 Å². The fourth-order valence-corrected chi connectivity index (χ4v) is 2.47. The number of hydrogen-bond donors (Lipinski definition) is 1. The van der Waals surface area contributed by atoms with Crippen molar-refractivity contribution in [3.63, 3.8) is 0 Å². The average molecular weight is 229 g/mol. The van der Waals surface area contributed by atoms with Gasteiger partial charge in [0.15, 0.2) is 0 Å². The second kappa shape index (κ2) is 3.80. The van der Waals surface area contributed by atoms with E-state index in [0.29, 0.717) is 10.8 Å². The smallest absolute Gasteiger partial charge is 0.135 e. The Morgan fingerprint density at radius 3 is 2.73 bits per heavy atom. The highest BCUT2D eigenvalue weighted by molar-refractivity contribution is 6.30. The second-order valence-corrected chi connectivity index (χ2v) is 5.05. The Kier molecular flexibility index (Phi) is 2.77. The average Bonchev–Trinajstić information content (AvgIpc) is 2.36. The molecule has 4 heteroatoms. The first-order chi connectivity index (χ1) is 7.00. The molecule has 0 fully saturated rings. The van der Waals surface area contributed by atoms with Gasteiger partial charge in [-0.05, 0) is 26.7 Å². The molecule has 1 aliphatic rings. The minimum atomic E-state index is -0.948. The lowest BCUT2D eigenvalue weighted by Gasteiger charge is -2.14. The summed E-state index contributed by atoms with van der Waals surface area (Å²) in [5.74, 6) is 1.02. The number of hydrogen-bond acceptors (Lipinski definition) is 2. The van der Waals surface area contributed by atoms with E-state index in [0.717, 1.165) is 25.2 Å². The number of rotatable bonds is 1. The third-order valence-electron chi connectivity index (χ3n) is 2.85. The van der Waals surface area contributed by atoms with Crippen molar-refractivity contribution in [1.82, 2.24) is 9.55 Å². The molecule has 0 saturated carbocycles. The Labute approximate surface area is 95.1 Å². The first kappa shape index (κ1) is 11.0. The van der Waals surface area contributed by atoms with Crippen LogP contribution < -0.4 is 0 Å². The van der Waals surface area contributed by atoms with Crippen molar-refractivity contribution in [3.8, 4) is 0 Å². The summed E-state index contributed by atoms with van der Waals surface area (Å²) in [6.07, 6.45) is 4.51. The van der Waals surface area contributed by atoms with Crippen LogP contribution in [-0.2, 0) is 18.6 Å². The van der Waals surface area contributed by atoms with Gasteiger partial charge in [-0.1, -0.05) is 18.0 Å². The molecule has 1 aromatic heterocycles. The first-order valence-electron chi connectivity index (χ1n) is 5.48. The molecule has 3 nitrogen and oxygen atoms in total. The molecule has 0 aliphatic carbocycles. The van der Waals surface area contributed by atoms with E-state index in [1.54, 1.807) is 13.8 Å². The zero-order valence-corrected chi connectivity index (χ0v) is 10.0. The van der Waals surface area contributed by atoms with Gasteiger partial charge >= 0.3 is 0 Å². The predicted molar refractivity (Wildman–Crippen MR) is 60.0 cm³/mol. The van der Waals surface area contributed by atoms with E-state index in [-0.39, 0.29) is 0 Å². The number of aromatic nitrogens is 2. The van der Waals surface area contributed by atoms with Gasteiger partial charge in [0.25, 0.3) is 0 Å². The van der Waals surface area contributed by atoms with Crippen molar-refractivity contribution in [2.45, 2.75) is 51.7 Å². The summed E-state index contributed by atoms with van der Waals surface area (Å²) >= 11 is 6.24. The molecule has 1 N–H and O–H groups in total. The van der Waals surface area contributed by atoms with Crippen molar-refractivity contribution < 1.29 is 5.11 Å². The Morgan fingerprint density at radius 2 is 2.07 bits per heavy atom. The summed E-state index contributed by atoms with van der Waals surface area (Å²) in [5, 5.41) is 10.5. The van der Waals surface area contributed by atoms with Crippen molar-refractivity contribution in [2.75, 3.05) is 0 Å². The lowest BCUT2D eigenvalue weighted by atomic mass is 10.1. The molecule has 0 aromatic carbocycles. The van der Waals surface area contributed by atoms with Gasteiger partial charge in [0.2, 0.25) is 0 Å². The standard InChI is InChI=1S/C11H17ClN2O/c1-11(2,15)9-10(12)14-7-5-3-4-6-8(14)13-9/h15H,3-7H2,1-2H3. The van der Waals surface area contributed by atoms with E-state index in [1.165, 1.54) is 12.8 Å². The van der Waals surface area contributed by atoms with Gasteiger partial charge in [0.05, 0.1) is 0 Å². The molecule has 2 rings (SSSR count). The topological polar surface area (TPSA) is 38.1 Å². The molecule has 15 heavy (non-hydrogen) atoms. The Morgan fingerprint density at radius 1 is 1.33 bits per heavy atom. The third kappa shape index (κ3) is 2.04. The van der Waals surface area contributed by atoms with Crippen LogP contribution >= 0.6 is 11.6 Å². The lowest BCUT2D eigenvalue weighted by Crippen LogP contribution is -2.17.